The number of aryl methyl sites for hydroxylation is 2. The number of unbranched alkanes of at least 4 members (excludes halogenated alkanes) is 1. The monoisotopic (exact) mass is 283 g/mol. The standard InChI is InChI=1S/C18H18ClN/c19-17-10-9-16-11-13-20(18(16)14-17)12-5-4-8-15-6-2-1-3-7-15/h1-3,6-7,9-11,13-14H,4-5,8,12H2. The maximum Gasteiger partial charge on any atom is 0.0495 e. The predicted molar refractivity (Wildman–Crippen MR) is 86.3 cm³/mol. The lowest BCUT2D eigenvalue weighted by atomic mass is 10.1. The molecular formula is C18H18ClN. The van der Waals surface area contributed by atoms with E-state index in [1.165, 1.54) is 29.3 Å². The molecule has 1 heterocycles. The molecule has 3 aromatic rings. The van der Waals surface area contributed by atoms with Gasteiger partial charge in [0.2, 0.25) is 0 Å². The Morgan fingerprint density at radius 1 is 0.900 bits per heavy atom. The summed E-state index contributed by atoms with van der Waals surface area (Å²) in [5.74, 6) is 0. The molecule has 0 amide bonds. The van der Waals surface area contributed by atoms with E-state index >= 15 is 0 Å². The average Bonchev–Trinajstić information content (AvgIpc) is 2.87. The molecule has 0 saturated heterocycles. The van der Waals surface area contributed by atoms with Crippen LogP contribution in [0, 0.1) is 0 Å². The molecule has 1 nitrogen and oxygen atoms in total. The predicted octanol–water partition coefficient (Wildman–Crippen LogP) is 5.32. The minimum absolute atomic E-state index is 0.807. The van der Waals surface area contributed by atoms with Crippen LogP contribution in [-0.4, -0.2) is 4.57 Å². The van der Waals surface area contributed by atoms with Crippen LogP contribution in [0.5, 0.6) is 0 Å². The molecule has 0 aliphatic heterocycles. The zero-order valence-corrected chi connectivity index (χ0v) is 12.2. The minimum Gasteiger partial charge on any atom is -0.347 e. The molecule has 2 heteroatoms. The lowest BCUT2D eigenvalue weighted by Crippen LogP contribution is -1.97. The van der Waals surface area contributed by atoms with Gasteiger partial charge >= 0.3 is 0 Å². The molecule has 0 bridgehead atoms. The summed E-state index contributed by atoms with van der Waals surface area (Å²) in [6.07, 6.45) is 5.71. The third-order valence-electron chi connectivity index (χ3n) is 3.69. The molecular weight excluding hydrogens is 266 g/mol. The van der Waals surface area contributed by atoms with Gasteiger partial charge in [0.1, 0.15) is 0 Å². The molecule has 0 saturated carbocycles. The van der Waals surface area contributed by atoms with Crippen LogP contribution in [0.15, 0.2) is 60.8 Å². The van der Waals surface area contributed by atoms with Crippen LogP contribution >= 0.6 is 11.6 Å². The van der Waals surface area contributed by atoms with Crippen molar-refractivity contribution >= 4 is 22.5 Å². The number of hydrogen-bond donors (Lipinski definition) is 0. The first-order valence-electron chi connectivity index (χ1n) is 7.11. The van der Waals surface area contributed by atoms with Crippen LogP contribution in [0.3, 0.4) is 0 Å². The van der Waals surface area contributed by atoms with Gasteiger partial charge < -0.3 is 4.57 Å². The highest BCUT2D eigenvalue weighted by Gasteiger charge is 2.01. The van der Waals surface area contributed by atoms with E-state index in [9.17, 15) is 0 Å². The smallest absolute Gasteiger partial charge is 0.0495 e. The Labute approximate surface area is 124 Å². The Morgan fingerprint density at radius 2 is 1.75 bits per heavy atom. The second kappa shape index (κ2) is 6.15. The molecule has 0 N–H and O–H groups in total. The van der Waals surface area contributed by atoms with Crippen LogP contribution in [0.25, 0.3) is 10.9 Å². The number of fused-ring (bicyclic) bond motifs is 1. The molecule has 3 rings (SSSR count). The molecule has 2 aromatic carbocycles. The average molecular weight is 284 g/mol. The summed E-state index contributed by atoms with van der Waals surface area (Å²) in [7, 11) is 0. The fourth-order valence-electron chi connectivity index (χ4n) is 2.61. The molecule has 0 fully saturated rings. The summed E-state index contributed by atoms with van der Waals surface area (Å²) in [6, 6.07) is 18.9. The number of aromatic nitrogens is 1. The van der Waals surface area contributed by atoms with Gasteiger partial charge in [-0.05, 0) is 48.4 Å². The van der Waals surface area contributed by atoms with Gasteiger partial charge in [0.05, 0.1) is 0 Å². The first kappa shape index (κ1) is 13.3. The fourth-order valence-corrected chi connectivity index (χ4v) is 2.77. The number of nitrogens with zero attached hydrogens (tertiary/aromatic N) is 1. The summed E-state index contributed by atoms with van der Waals surface area (Å²) in [4.78, 5) is 0. The van der Waals surface area contributed by atoms with E-state index in [1.54, 1.807) is 0 Å². The van der Waals surface area contributed by atoms with Crippen LogP contribution in [-0.2, 0) is 13.0 Å². The Kier molecular flexibility index (Phi) is 4.08. The van der Waals surface area contributed by atoms with Gasteiger partial charge in [-0.15, -0.1) is 0 Å². The maximum atomic E-state index is 6.08. The van der Waals surface area contributed by atoms with Gasteiger partial charge in [-0.3, -0.25) is 0 Å². The van der Waals surface area contributed by atoms with E-state index in [1.807, 2.05) is 12.1 Å². The van der Waals surface area contributed by atoms with E-state index in [2.05, 4.69) is 53.2 Å². The van der Waals surface area contributed by atoms with Crippen molar-refractivity contribution in [2.24, 2.45) is 0 Å². The fraction of sp³-hybridized carbons (Fsp3) is 0.222. The zero-order chi connectivity index (χ0) is 13.8. The summed E-state index contributed by atoms with van der Waals surface area (Å²) >= 11 is 6.08. The SMILES string of the molecule is Clc1ccc2ccn(CCCCc3ccccc3)c2c1. The second-order valence-electron chi connectivity index (χ2n) is 5.15. The van der Waals surface area contributed by atoms with E-state index in [-0.39, 0.29) is 0 Å². The second-order valence-corrected chi connectivity index (χ2v) is 5.59. The quantitative estimate of drug-likeness (QED) is 0.559. The van der Waals surface area contributed by atoms with Gasteiger partial charge in [-0.2, -0.15) is 0 Å². The van der Waals surface area contributed by atoms with Crippen molar-refractivity contribution in [3.05, 3.63) is 71.4 Å². The first-order chi connectivity index (χ1) is 9.83. The molecule has 0 spiro atoms. The lowest BCUT2D eigenvalue weighted by Gasteiger charge is -2.06. The Morgan fingerprint density at radius 3 is 2.60 bits per heavy atom. The van der Waals surface area contributed by atoms with Crippen molar-refractivity contribution < 1.29 is 0 Å². The normalized spacial score (nSPS) is 11.1. The van der Waals surface area contributed by atoms with E-state index in [0.29, 0.717) is 0 Å². The van der Waals surface area contributed by atoms with Gasteiger partial charge in [-0.25, -0.2) is 0 Å². The van der Waals surface area contributed by atoms with E-state index < -0.39 is 0 Å². The molecule has 0 unspecified atom stereocenters. The minimum atomic E-state index is 0.807. The topological polar surface area (TPSA) is 4.93 Å². The van der Waals surface area contributed by atoms with E-state index in [4.69, 9.17) is 11.6 Å². The van der Waals surface area contributed by atoms with Gasteiger partial charge in [0, 0.05) is 23.3 Å². The maximum absolute atomic E-state index is 6.08. The van der Waals surface area contributed by atoms with Crippen LogP contribution in [0.1, 0.15) is 18.4 Å². The lowest BCUT2D eigenvalue weighted by molar-refractivity contribution is 0.624. The van der Waals surface area contributed by atoms with Crippen molar-refractivity contribution in [2.75, 3.05) is 0 Å². The summed E-state index contributed by atoms with van der Waals surface area (Å²) < 4.78 is 2.30. The largest absolute Gasteiger partial charge is 0.347 e. The Bertz CT molecular complexity index is 685. The Balaban J connectivity index is 1.59. The molecule has 0 radical (unpaired) electrons. The Hall–Kier alpha value is -1.73. The van der Waals surface area contributed by atoms with Crippen molar-refractivity contribution in [1.82, 2.24) is 4.57 Å². The number of benzene rings is 2. The first-order valence-corrected chi connectivity index (χ1v) is 7.49. The summed E-state index contributed by atoms with van der Waals surface area (Å²) in [6.45, 7) is 1.05. The van der Waals surface area contributed by atoms with Gasteiger partial charge in [0.15, 0.2) is 0 Å². The molecule has 20 heavy (non-hydrogen) atoms. The van der Waals surface area contributed by atoms with Crippen LogP contribution < -0.4 is 0 Å². The van der Waals surface area contributed by atoms with Gasteiger partial charge in [0.25, 0.3) is 0 Å². The number of rotatable bonds is 5. The third kappa shape index (κ3) is 3.05. The molecule has 0 aliphatic rings. The van der Waals surface area contributed by atoms with Crippen molar-refractivity contribution in [2.45, 2.75) is 25.8 Å². The van der Waals surface area contributed by atoms with Crippen molar-refractivity contribution in [1.29, 1.82) is 0 Å². The highest BCUT2D eigenvalue weighted by atomic mass is 35.5. The van der Waals surface area contributed by atoms with Crippen LogP contribution in [0.4, 0.5) is 0 Å². The van der Waals surface area contributed by atoms with E-state index in [0.717, 1.165) is 18.0 Å². The van der Waals surface area contributed by atoms with Crippen LogP contribution in [0.2, 0.25) is 5.02 Å². The number of hydrogen-bond acceptors (Lipinski definition) is 0. The highest BCUT2D eigenvalue weighted by Crippen LogP contribution is 2.21. The molecule has 102 valence electrons. The molecule has 0 aliphatic carbocycles. The van der Waals surface area contributed by atoms with Gasteiger partial charge in [-0.1, -0.05) is 48.0 Å². The third-order valence-corrected chi connectivity index (χ3v) is 3.93. The zero-order valence-electron chi connectivity index (χ0n) is 11.4. The van der Waals surface area contributed by atoms with Crippen molar-refractivity contribution in [3.8, 4) is 0 Å². The highest BCUT2D eigenvalue weighted by molar-refractivity contribution is 6.31. The summed E-state index contributed by atoms with van der Waals surface area (Å²) in [5.41, 5.74) is 2.66. The molecule has 0 atom stereocenters. The van der Waals surface area contributed by atoms with Crippen molar-refractivity contribution in [3.63, 3.8) is 0 Å². The summed E-state index contributed by atoms with van der Waals surface area (Å²) in [5, 5.41) is 2.07. The molecule has 1 aromatic heterocycles. The number of halogens is 1.